The van der Waals surface area contributed by atoms with E-state index in [4.69, 9.17) is 83.9 Å². The van der Waals surface area contributed by atoms with E-state index in [1.165, 1.54) is 0 Å². The Kier molecular flexibility index (Phi) is 180. The maximum Gasteiger partial charge on any atom is 0.0695 e. The molecule has 0 saturated heterocycles. The molecule has 0 aliphatic heterocycles. The van der Waals surface area contributed by atoms with Crippen molar-refractivity contribution in [1.82, 2.24) is 36.9 Å². The van der Waals surface area contributed by atoms with Gasteiger partial charge in [0, 0.05) is 0 Å². The third-order valence-corrected chi connectivity index (χ3v) is 0. The Balaban J connectivity index is -0.0000000125. The first kappa shape index (κ1) is 77.4. The summed E-state index contributed by atoms with van der Waals surface area (Å²) in [5.41, 5.74) is 0. The molecule has 0 spiro atoms. The van der Waals surface area contributed by atoms with Crippen molar-refractivity contribution in [3.05, 3.63) is 0 Å². The molecule has 24 nitrogen and oxygen atoms in total. The van der Waals surface area contributed by atoms with Crippen molar-refractivity contribution in [2.45, 2.75) is 0 Å². The van der Waals surface area contributed by atoms with Crippen LogP contribution in [0.25, 0.3) is 0 Å². The Hall–Kier alpha value is 0.780. The van der Waals surface area contributed by atoms with E-state index in [1.54, 1.807) is 0 Å². The van der Waals surface area contributed by atoms with E-state index in [2.05, 4.69) is 0 Å². The van der Waals surface area contributed by atoms with Gasteiger partial charge in [0.15, 0.2) is 0 Å². The summed E-state index contributed by atoms with van der Waals surface area (Å²) < 4.78 is 151. The Morgan fingerprint density at radius 3 is 0.167 bits per heavy atom. The molecular weight excluding hydrogens is 585 g/mol. The number of hydrogen-bond donors (Lipinski definition) is 6. The van der Waals surface area contributed by atoms with Gasteiger partial charge in [-0.3, -0.25) is 0 Å². The van der Waals surface area contributed by atoms with E-state index >= 15 is 0 Å². The summed E-state index contributed by atoms with van der Waals surface area (Å²) >= 11 is 0. The zero-order valence-electron chi connectivity index (χ0n) is 15.6. The van der Waals surface area contributed by atoms with Crippen molar-refractivity contribution < 1.29 is 149 Å². The predicted molar refractivity (Wildman–Crippen MR) is 35.9 cm³/mol. The van der Waals surface area contributed by atoms with Crippen LogP contribution in [0.1, 0.15) is 0 Å². The van der Waals surface area contributed by atoms with E-state index in [0.717, 1.165) is 0 Å². The molecule has 0 aromatic carbocycles. The molecule has 0 saturated carbocycles. The molecule has 0 heterocycles. The molecule has 0 aliphatic rings. The fraction of sp³-hybridized carbons (Fsp3) is 0. The highest BCUT2D eigenvalue weighted by Crippen LogP contribution is 1.25. The third-order valence-electron chi connectivity index (χ3n) is 0. The number of halogens is 6. The van der Waals surface area contributed by atoms with Crippen LogP contribution in [0.15, 0.2) is 0 Å². The fourth-order valence-corrected chi connectivity index (χ4v) is 0. The first-order valence-corrected chi connectivity index (χ1v) is 8.33. The van der Waals surface area contributed by atoms with E-state index < -0.39 is 64.7 Å². The summed E-state index contributed by atoms with van der Waals surface area (Å²) in [6.07, 6.45) is 0. The second-order valence-electron chi connectivity index (χ2n) is 1.13. The highest BCUT2D eigenvalue weighted by molar-refractivity contribution is 2.14. The fourth-order valence-electron chi connectivity index (χ4n) is 0. The first-order valence-electron chi connectivity index (χ1n) is 2.78. The minimum Gasteiger partial charge on any atom is -0.369 e. The molecule has 0 unspecified atom stereocenters. The standard InChI is InChI=1S/6ClO3.6H3N/c6*2-1(3)4;;;;;;/h;;;;;;6*1H3/q6*-1;;;;;;/p+6. The summed E-state index contributed by atoms with van der Waals surface area (Å²) in [6.45, 7) is 0. The molecule has 0 bridgehead atoms. The summed E-state index contributed by atoms with van der Waals surface area (Å²) in [5, 5.41) is 0. The number of hydrogen-bond acceptors (Lipinski definition) is 18. The quantitative estimate of drug-likeness (QED) is 0.148. The summed E-state index contributed by atoms with van der Waals surface area (Å²) in [5.74, 6) is 0. The lowest BCUT2D eigenvalue weighted by atomic mass is 14.0. The molecular formula is H24Cl6N6O18. The van der Waals surface area contributed by atoms with Crippen molar-refractivity contribution in [3.8, 4) is 0 Å². The molecule has 0 aromatic heterocycles. The van der Waals surface area contributed by atoms with Gasteiger partial charge in [-0.25, -0.2) is 0 Å². The van der Waals surface area contributed by atoms with Gasteiger partial charge in [0.1, 0.15) is 0 Å². The molecule has 0 amide bonds. The van der Waals surface area contributed by atoms with Crippen LogP contribution in [-0.4, -0.2) is 0 Å². The number of quaternary nitrogens is 6. The molecule has 0 radical (unpaired) electrons. The lowest BCUT2D eigenvalue weighted by Crippen LogP contribution is -2.43. The average molecular weight is 609 g/mol. The molecule has 0 rings (SSSR count). The lowest BCUT2D eigenvalue weighted by Gasteiger charge is -1.89. The van der Waals surface area contributed by atoms with Crippen LogP contribution >= 0.6 is 0 Å². The van der Waals surface area contributed by atoms with Crippen LogP contribution in [0.4, 0.5) is 0 Å². The maximum absolute atomic E-state index is 8.41. The van der Waals surface area contributed by atoms with E-state index in [1.807, 2.05) is 0 Å². The van der Waals surface area contributed by atoms with Gasteiger partial charge in [0.2, 0.25) is 0 Å². The van der Waals surface area contributed by atoms with E-state index in [0.29, 0.717) is 0 Å². The molecule has 0 fully saturated rings. The van der Waals surface area contributed by atoms with Crippen molar-refractivity contribution in [2.24, 2.45) is 0 Å². The second-order valence-corrected chi connectivity index (χ2v) is 3.40. The van der Waals surface area contributed by atoms with Crippen molar-refractivity contribution in [2.75, 3.05) is 0 Å². The third kappa shape index (κ3) is 36500. The average Bonchev–Trinajstić information content (AvgIpc) is 2.08. The lowest BCUT2D eigenvalue weighted by molar-refractivity contribution is -1.73. The first-order chi connectivity index (χ1) is 10.4. The Morgan fingerprint density at radius 1 is 0.167 bits per heavy atom. The van der Waals surface area contributed by atoms with Crippen LogP contribution in [0.5, 0.6) is 0 Å². The maximum atomic E-state index is 8.41. The summed E-state index contributed by atoms with van der Waals surface area (Å²) in [7, 11) is -17.1. The van der Waals surface area contributed by atoms with E-state index in [-0.39, 0.29) is 36.9 Å². The largest absolute Gasteiger partial charge is 0.369 e. The van der Waals surface area contributed by atoms with Crippen LogP contribution in [0, 0.1) is 64.7 Å². The monoisotopic (exact) mass is 606 g/mol. The Morgan fingerprint density at radius 2 is 0.167 bits per heavy atom. The van der Waals surface area contributed by atoms with Crippen LogP contribution in [0.2, 0.25) is 0 Å². The van der Waals surface area contributed by atoms with Crippen LogP contribution in [0.3, 0.4) is 0 Å². The molecule has 0 aromatic rings. The molecule has 30 heteroatoms. The van der Waals surface area contributed by atoms with E-state index in [9.17, 15) is 0 Å². The van der Waals surface area contributed by atoms with Gasteiger partial charge >= 0.3 is 0 Å². The molecule has 0 atom stereocenters. The van der Waals surface area contributed by atoms with Crippen molar-refractivity contribution in [3.63, 3.8) is 0 Å². The molecule has 0 aliphatic carbocycles. The minimum absolute atomic E-state index is 0. The van der Waals surface area contributed by atoms with Gasteiger partial charge < -0.3 is 121 Å². The van der Waals surface area contributed by atoms with Crippen LogP contribution in [-0.2, 0) is 0 Å². The van der Waals surface area contributed by atoms with Gasteiger partial charge in [-0.05, 0) is 0 Å². The Labute approximate surface area is 185 Å². The minimum atomic E-state index is -2.85. The highest BCUT2D eigenvalue weighted by Gasteiger charge is 1.62. The normalized spacial score (nSPS) is 7.20. The van der Waals surface area contributed by atoms with Gasteiger partial charge in [-0.2, -0.15) is 0 Å². The zero-order valence-corrected chi connectivity index (χ0v) is 20.2. The topological polar surface area (TPSA) is 634 Å². The number of rotatable bonds is 0. The zero-order chi connectivity index (χ0) is 21.5. The van der Waals surface area contributed by atoms with Gasteiger partial charge in [0.25, 0.3) is 0 Å². The Bertz CT molecular complexity index is 116. The van der Waals surface area contributed by atoms with Crippen LogP contribution < -0.4 is 121 Å². The van der Waals surface area contributed by atoms with Crippen molar-refractivity contribution in [1.29, 1.82) is 0 Å². The summed E-state index contributed by atoms with van der Waals surface area (Å²) in [4.78, 5) is 0. The van der Waals surface area contributed by atoms with Crippen molar-refractivity contribution >= 4 is 0 Å². The highest BCUT2D eigenvalue weighted by atomic mass is 35.6. The molecule has 30 heavy (non-hydrogen) atoms. The molecule has 24 N–H and O–H groups in total. The second kappa shape index (κ2) is 69.9. The predicted octanol–water partition coefficient (Wildman–Crippen LogP) is -19.1. The SMILES string of the molecule is [NH4+].[NH4+].[NH4+].[NH4+].[NH4+].[NH4+].[O-][Cl+2]([O-])[O-].[O-][Cl+2]([O-])[O-].[O-][Cl+2]([O-])[O-].[O-][Cl+2]([O-])[O-].[O-][Cl+2]([O-])[O-].[O-][Cl+2]([O-])[O-]. The van der Waals surface area contributed by atoms with Gasteiger partial charge in [0.05, 0.1) is 64.7 Å². The molecule has 204 valence electrons. The summed E-state index contributed by atoms with van der Waals surface area (Å²) in [6, 6.07) is 0. The van der Waals surface area contributed by atoms with Gasteiger partial charge in [-0.15, -0.1) is 0 Å². The van der Waals surface area contributed by atoms with Gasteiger partial charge in [-0.1, -0.05) is 0 Å². The smallest absolute Gasteiger partial charge is 0.0695 e.